The lowest BCUT2D eigenvalue weighted by atomic mass is 10.2. The summed E-state index contributed by atoms with van der Waals surface area (Å²) in [4.78, 5) is 11.0. The Bertz CT molecular complexity index is 494. The molecule has 1 heterocycles. The van der Waals surface area contributed by atoms with Crippen LogP contribution in [0.15, 0.2) is 41.1 Å². The molecule has 0 atom stereocenters. The second-order valence-corrected chi connectivity index (χ2v) is 4.40. The first kappa shape index (κ1) is 11.7. The Morgan fingerprint density at radius 3 is 2.94 bits per heavy atom. The van der Waals surface area contributed by atoms with Crippen LogP contribution >= 0.6 is 11.3 Å². The highest BCUT2D eigenvalue weighted by molar-refractivity contribution is 7.07. The van der Waals surface area contributed by atoms with E-state index >= 15 is 0 Å². The number of benzene rings is 1. The predicted molar refractivity (Wildman–Crippen MR) is 68.5 cm³/mol. The number of amides is 1. The second kappa shape index (κ2) is 5.50. The van der Waals surface area contributed by atoms with Crippen LogP contribution in [0.25, 0.3) is 0 Å². The number of ether oxygens (including phenoxy) is 1. The Morgan fingerprint density at radius 1 is 1.35 bits per heavy atom. The maximum atomic E-state index is 11.0. The fraction of sp³-hybridized carbons (Fsp3) is 0.154. The van der Waals surface area contributed by atoms with Gasteiger partial charge in [-0.1, -0.05) is 6.07 Å². The van der Waals surface area contributed by atoms with Crippen LogP contribution in [0.1, 0.15) is 15.9 Å². The van der Waals surface area contributed by atoms with E-state index in [9.17, 15) is 4.79 Å². The summed E-state index contributed by atoms with van der Waals surface area (Å²) in [6, 6.07) is 9.00. The third-order valence-corrected chi connectivity index (χ3v) is 3.09. The van der Waals surface area contributed by atoms with Gasteiger partial charge in [0, 0.05) is 12.0 Å². The molecule has 0 bridgehead atoms. The summed E-state index contributed by atoms with van der Waals surface area (Å²) in [7, 11) is 0. The average molecular weight is 247 g/mol. The van der Waals surface area contributed by atoms with Crippen molar-refractivity contribution in [1.29, 1.82) is 0 Å². The number of hydrogen-bond acceptors (Lipinski definition) is 3. The molecule has 0 fully saturated rings. The lowest BCUT2D eigenvalue weighted by Gasteiger charge is -2.06. The van der Waals surface area contributed by atoms with Gasteiger partial charge in [0.25, 0.3) is 0 Å². The molecule has 0 aliphatic heterocycles. The van der Waals surface area contributed by atoms with Crippen LogP contribution in [0, 0.1) is 0 Å². The molecule has 2 N–H and O–H groups in total. The molecule has 2 rings (SSSR count). The first-order valence-corrected chi connectivity index (χ1v) is 6.24. The SMILES string of the molecule is NC(=O)c1cccc(OCCc2ccsc2)c1. The van der Waals surface area contributed by atoms with Crippen molar-refractivity contribution in [2.45, 2.75) is 6.42 Å². The summed E-state index contributed by atoms with van der Waals surface area (Å²) in [6.07, 6.45) is 0.865. The zero-order chi connectivity index (χ0) is 12.1. The van der Waals surface area contributed by atoms with E-state index < -0.39 is 5.91 Å². The molecule has 0 unspecified atom stereocenters. The Balaban J connectivity index is 1.90. The van der Waals surface area contributed by atoms with Crippen molar-refractivity contribution in [3.8, 4) is 5.75 Å². The molecule has 0 radical (unpaired) electrons. The topological polar surface area (TPSA) is 52.3 Å². The quantitative estimate of drug-likeness (QED) is 0.882. The highest BCUT2D eigenvalue weighted by atomic mass is 32.1. The minimum absolute atomic E-state index is 0.437. The molecular formula is C13H13NO2S. The zero-order valence-corrected chi connectivity index (χ0v) is 10.1. The van der Waals surface area contributed by atoms with Crippen LogP contribution in [0.4, 0.5) is 0 Å². The van der Waals surface area contributed by atoms with Crippen LogP contribution in [0.5, 0.6) is 5.75 Å². The van der Waals surface area contributed by atoms with Crippen LogP contribution in [0.2, 0.25) is 0 Å². The Labute approximate surface area is 104 Å². The Morgan fingerprint density at radius 2 is 2.24 bits per heavy atom. The molecule has 0 saturated heterocycles. The van der Waals surface area contributed by atoms with E-state index in [0.29, 0.717) is 17.9 Å². The van der Waals surface area contributed by atoms with Crippen molar-refractivity contribution >= 4 is 17.2 Å². The summed E-state index contributed by atoms with van der Waals surface area (Å²) in [5.41, 5.74) is 6.93. The van der Waals surface area contributed by atoms with Gasteiger partial charge in [0.05, 0.1) is 6.61 Å². The molecule has 3 nitrogen and oxygen atoms in total. The van der Waals surface area contributed by atoms with Gasteiger partial charge in [0.1, 0.15) is 5.75 Å². The standard InChI is InChI=1S/C13H13NO2S/c14-13(15)11-2-1-3-12(8-11)16-6-4-10-5-7-17-9-10/h1-3,5,7-9H,4,6H2,(H2,14,15). The van der Waals surface area contributed by atoms with Crippen molar-refractivity contribution in [2.24, 2.45) is 5.73 Å². The molecule has 88 valence electrons. The summed E-state index contributed by atoms with van der Waals surface area (Å²) in [5, 5.41) is 4.15. The number of carbonyl (C=O) groups excluding carboxylic acids is 1. The van der Waals surface area contributed by atoms with Gasteiger partial charge in [0.15, 0.2) is 0 Å². The van der Waals surface area contributed by atoms with Crippen molar-refractivity contribution in [3.05, 3.63) is 52.2 Å². The minimum atomic E-state index is -0.437. The Hall–Kier alpha value is -1.81. The number of primary amides is 1. The number of thiophene rings is 1. The number of carbonyl (C=O) groups is 1. The molecule has 1 aromatic carbocycles. The first-order chi connectivity index (χ1) is 8.25. The van der Waals surface area contributed by atoms with Gasteiger partial charge in [-0.2, -0.15) is 11.3 Å². The van der Waals surface area contributed by atoms with Gasteiger partial charge < -0.3 is 10.5 Å². The molecule has 0 aliphatic carbocycles. The van der Waals surface area contributed by atoms with Crippen LogP contribution < -0.4 is 10.5 Å². The van der Waals surface area contributed by atoms with E-state index in [1.54, 1.807) is 29.5 Å². The highest BCUT2D eigenvalue weighted by Crippen LogP contribution is 2.14. The van der Waals surface area contributed by atoms with Gasteiger partial charge in [-0.3, -0.25) is 4.79 Å². The molecule has 0 aliphatic rings. The van der Waals surface area contributed by atoms with Crippen molar-refractivity contribution < 1.29 is 9.53 Å². The smallest absolute Gasteiger partial charge is 0.248 e. The third-order valence-electron chi connectivity index (χ3n) is 2.36. The molecule has 0 saturated carbocycles. The van der Waals surface area contributed by atoms with Crippen LogP contribution in [-0.2, 0) is 6.42 Å². The van der Waals surface area contributed by atoms with Crippen molar-refractivity contribution in [2.75, 3.05) is 6.61 Å². The molecule has 4 heteroatoms. The molecule has 1 amide bonds. The molecule has 0 spiro atoms. The second-order valence-electron chi connectivity index (χ2n) is 3.62. The highest BCUT2D eigenvalue weighted by Gasteiger charge is 2.02. The van der Waals surface area contributed by atoms with Gasteiger partial charge >= 0.3 is 0 Å². The maximum absolute atomic E-state index is 11.0. The molecule has 2 aromatic rings. The van der Waals surface area contributed by atoms with E-state index in [1.807, 2.05) is 11.4 Å². The summed E-state index contributed by atoms with van der Waals surface area (Å²) in [6.45, 7) is 0.596. The average Bonchev–Trinajstić information content (AvgIpc) is 2.82. The summed E-state index contributed by atoms with van der Waals surface area (Å²) in [5.74, 6) is 0.241. The summed E-state index contributed by atoms with van der Waals surface area (Å²) < 4.78 is 5.57. The predicted octanol–water partition coefficient (Wildman–Crippen LogP) is 2.47. The van der Waals surface area contributed by atoms with Crippen LogP contribution in [0.3, 0.4) is 0 Å². The van der Waals surface area contributed by atoms with Gasteiger partial charge in [0.2, 0.25) is 5.91 Å². The lowest BCUT2D eigenvalue weighted by molar-refractivity contribution is 0.1000. The van der Waals surface area contributed by atoms with Crippen molar-refractivity contribution in [1.82, 2.24) is 0 Å². The number of hydrogen-bond donors (Lipinski definition) is 1. The molecule has 1 aromatic heterocycles. The fourth-order valence-corrected chi connectivity index (χ4v) is 2.16. The third kappa shape index (κ3) is 3.32. The van der Waals surface area contributed by atoms with Gasteiger partial charge in [-0.15, -0.1) is 0 Å². The van der Waals surface area contributed by atoms with E-state index in [2.05, 4.69) is 11.4 Å². The van der Waals surface area contributed by atoms with E-state index in [-0.39, 0.29) is 0 Å². The number of rotatable bonds is 5. The van der Waals surface area contributed by atoms with Crippen molar-refractivity contribution in [3.63, 3.8) is 0 Å². The number of nitrogens with two attached hydrogens (primary N) is 1. The zero-order valence-electron chi connectivity index (χ0n) is 9.26. The first-order valence-electron chi connectivity index (χ1n) is 5.29. The maximum Gasteiger partial charge on any atom is 0.248 e. The van der Waals surface area contributed by atoms with E-state index in [4.69, 9.17) is 10.5 Å². The molecular weight excluding hydrogens is 234 g/mol. The Kier molecular flexibility index (Phi) is 3.77. The largest absolute Gasteiger partial charge is 0.493 e. The lowest BCUT2D eigenvalue weighted by Crippen LogP contribution is -2.11. The van der Waals surface area contributed by atoms with E-state index in [1.165, 1.54) is 5.56 Å². The van der Waals surface area contributed by atoms with Gasteiger partial charge in [-0.05, 0) is 40.6 Å². The van der Waals surface area contributed by atoms with Gasteiger partial charge in [-0.25, -0.2) is 0 Å². The normalized spacial score (nSPS) is 10.1. The summed E-state index contributed by atoms with van der Waals surface area (Å²) >= 11 is 1.68. The molecule has 17 heavy (non-hydrogen) atoms. The minimum Gasteiger partial charge on any atom is -0.493 e. The van der Waals surface area contributed by atoms with E-state index in [0.717, 1.165) is 6.42 Å². The fourth-order valence-electron chi connectivity index (χ4n) is 1.46. The van der Waals surface area contributed by atoms with Crippen LogP contribution in [-0.4, -0.2) is 12.5 Å². The monoisotopic (exact) mass is 247 g/mol.